The summed E-state index contributed by atoms with van der Waals surface area (Å²) in [4.78, 5) is 12.6. The maximum absolute atomic E-state index is 12.6. The summed E-state index contributed by atoms with van der Waals surface area (Å²) >= 11 is 3.40. The van der Waals surface area contributed by atoms with Gasteiger partial charge in [0.1, 0.15) is 0 Å². The molecule has 1 heterocycles. The Morgan fingerprint density at radius 2 is 2.21 bits per heavy atom. The van der Waals surface area contributed by atoms with Crippen LogP contribution in [-0.2, 0) is 0 Å². The molecule has 2 aromatic rings. The van der Waals surface area contributed by atoms with Crippen molar-refractivity contribution in [2.45, 2.75) is 18.8 Å². The van der Waals surface area contributed by atoms with E-state index in [0.717, 1.165) is 28.8 Å². The highest BCUT2D eigenvalue weighted by atomic mass is 79.9. The summed E-state index contributed by atoms with van der Waals surface area (Å²) in [6, 6.07) is 5.55. The zero-order valence-electron chi connectivity index (χ0n) is 10.4. The Hall–Kier alpha value is -1.62. The zero-order chi connectivity index (χ0) is 13.4. The number of hydrogen-bond donors (Lipinski definition) is 1. The predicted octanol–water partition coefficient (Wildman–Crippen LogP) is 3.59. The minimum Gasteiger partial charge on any atom is -0.387 e. The molecule has 1 fully saturated rings. The lowest BCUT2D eigenvalue weighted by Crippen LogP contribution is -2.06. The summed E-state index contributed by atoms with van der Waals surface area (Å²) in [7, 11) is 1.80. The van der Waals surface area contributed by atoms with E-state index in [-0.39, 0.29) is 5.78 Å². The fourth-order valence-electron chi connectivity index (χ4n) is 2.13. The lowest BCUT2D eigenvalue weighted by atomic mass is 10.0. The van der Waals surface area contributed by atoms with Crippen molar-refractivity contribution >= 4 is 27.4 Å². The fraction of sp³-hybridized carbons (Fsp3) is 0.286. The normalized spacial score (nSPS) is 14.4. The summed E-state index contributed by atoms with van der Waals surface area (Å²) in [6.07, 6.45) is 3.68. The molecule has 1 aliphatic rings. The number of ketones is 1. The number of anilines is 1. The van der Waals surface area contributed by atoms with E-state index in [4.69, 9.17) is 4.52 Å². The predicted molar refractivity (Wildman–Crippen MR) is 75.6 cm³/mol. The van der Waals surface area contributed by atoms with Gasteiger partial charge in [-0.25, -0.2) is 0 Å². The van der Waals surface area contributed by atoms with E-state index < -0.39 is 0 Å². The molecular formula is C14H13BrN2O2. The number of carbonyl (C=O) groups excluding carboxylic acids is 1. The van der Waals surface area contributed by atoms with Gasteiger partial charge in [-0.2, -0.15) is 0 Å². The van der Waals surface area contributed by atoms with Crippen molar-refractivity contribution in [1.29, 1.82) is 0 Å². The highest BCUT2D eigenvalue weighted by Crippen LogP contribution is 2.42. The molecule has 0 saturated heterocycles. The number of aromatic nitrogens is 1. The molecule has 98 valence electrons. The molecular weight excluding hydrogens is 308 g/mol. The molecule has 0 atom stereocenters. The van der Waals surface area contributed by atoms with Crippen LogP contribution in [0.3, 0.4) is 0 Å². The van der Waals surface area contributed by atoms with Gasteiger partial charge in [-0.05, 0) is 31.0 Å². The van der Waals surface area contributed by atoms with Crippen LogP contribution in [0.5, 0.6) is 0 Å². The summed E-state index contributed by atoms with van der Waals surface area (Å²) in [5, 5.41) is 6.82. The number of nitrogens with one attached hydrogen (secondary N) is 1. The topological polar surface area (TPSA) is 55.1 Å². The van der Waals surface area contributed by atoms with E-state index in [1.54, 1.807) is 7.05 Å². The van der Waals surface area contributed by atoms with Gasteiger partial charge < -0.3 is 9.84 Å². The van der Waals surface area contributed by atoms with Crippen molar-refractivity contribution in [3.05, 3.63) is 45.8 Å². The second kappa shape index (κ2) is 4.81. The Labute approximate surface area is 119 Å². The van der Waals surface area contributed by atoms with Crippen molar-refractivity contribution in [2.24, 2.45) is 0 Å². The number of rotatable bonds is 4. The van der Waals surface area contributed by atoms with Gasteiger partial charge >= 0.3 is 0 Å². The molecule has 5 heteroatoms. The quantitative estimate of drug-likeness (QED) is 0.875. The minimum absolute atomic E-state index is 0.0417. The zero-order valence-corrected chi connectivity index (χ0v) is 12.0. The molecule has 4 nitrogen and oxygen atoms in total. The highest BCUT2D eigenvalue weighted by Gasteiger charge is 2.33. The Kier molecular flexibility index (Phi) is 3.14. The molecule has 1 aromatic heterocycles. The first-order valence-electron chi connectivity index (χ1n) is 6.17. The van der Waals surface area contributed by atoms with Crippen molar-refractivity contribution < 1.29 is 9.32 Å². The van der Waals surface area contributed by atoms with Gasteiger partial charge in [0, 0.05) is 28.7 Å². The van der Waals surface area contributed by atoms with Gasteiger partial charge in [0.25, 0.3) is 0 Å². The van der Waals surface area contributed by atoms with E-state index in [1.165, 1.54) is 6.20 Å². The number of nitrogens with zero attached hydrogens (tertiary/aromatic N) is 1. The van der Waals surface area contributed by atoms with Gasteiger partial charge in [-0.15, -0.1) is 0 Å². The second-order valence-corrected chi connectivity index (χ2v) is 5.56. The third-order valence-corrected chi connectivity index (χ3v) is 3.78. The van der Waals surface area contributed by atoms with E-state index in [0.29, 0.717) is 17.0 Å². The van der Waals surface area contributed by atoms with Crippen molar-refractivity contribution in [2.75, 3.05) is 12.4 Å². The maximum Gasteiger partial charge on any atom is 0.200 e. The molecule has 3 rings (SSSR count). The van der Waals surface area contributed by atoms with Crippen LogP contribution < -0.4 is 5.32 Å². The first-order valence-corrected chi connectivity index (χ1v) is 6.96. The SMILES string of the molecule is CNc1cc(Br)ccc1C(=O)c1cnoc1C1CC1. The largest absolute Gasteiger partial charge is 0.387 e. The van der Waals surface area contributed by atoms with Crippen LogP contribution in [-0.4, -0.2) is 18.0 Å². The Bertz CT molecular complexity index is 632. The summed E-state index contributed by atoms with van der Waals surface area (Å²) in [5.74, 6) is 1.06. The number of carbonyl (C=O) groups is 1. The van der Waals surface area contributed by atoms with Crippen molar-refractivity contribution in [1.82, 2.24) is 5.16 Å². The van der Waals surface area contributed by atoms with Crippen LogP contribution in [0.15, 0.2) is 33.4 Å². The smallest absolute Gasteiger partial charge is 0.200 e. The third-order valence-electron chi connectivity index (χ3n) is 3.29. The van der Waals surface area contributed by atoms with Gasteiger partial charge in [0.2, 0.25) is 0 Å². The molecule has 1 N–H and O–H groups in total. The number of halogens is 1. The average molecular weight is 321 g/mol. The lowest BCUT2D eigenvalue weighted by Gasteiger charge is -2.08. The van der Waals surface area contributed by atoms with Crippen LogP contribution in [0, 0.1) is 0 Å². The minimum atomic E-state index is -0.0417. The molecule has 0 unspecified atom stereocenters. The molecule has 0 radical (unpaired) electrons. The van der Waals surface area contributed by atoms with Gasteiger partial charge in [0.15, 0.2) is 11.5 Å². The third kappa shape index (κ3) is 2.30. The van der Waals surface area contributed by atoms with E-state index in [2.05, 4.69) is 26.4 Å². The van der Waals surface area contributed by atoms with Crippen molar-refractivity contribution in [3.8, 4) is 0 Å². The van der Waals surface area contributed by atoms with E-state index in [9.17, 15) is 4.79 Å². The van der Waals surface area contributed by atoms with Crippen LogP contribution >= 0.6 is 15.9 Å². The molecule has 1 aromatic carbocycles. The maximum atomic E-state index is 12.6. The Morgan fingerprint density at radius 3 is 2.89 bits per heavy atom. The van der Waals surface area contributed by atoms with Gasteiger partial charge in [-0.3, -0.25) is 4.79 Å². The molecule has 0 spiro atoms. The van der Waals surface area contributed by atoms with Crippen LogP contribution in [0.1, 0.15) is 40.4 Å². The molecule has 19 heavy (non-hydrogen) atoms. The second-order valence-electron chi connectivity index (χ2n) is 4.65. The molecule has 0 bridgehead atoms. The Morgan fingerprint density at radius 1 is 1.42 bits per heavy atom. The van der Waals surface area contributed by atoms with E-state index >= 15 is 0 Å². The average Bonchev–Trinajstić information content (AvgIpc) is 3.15. The monoisotopic (exact) mass is 320 g/mol. The fourth-order valence-corrected chi connectivity index (χ4v) is 2.49. The van der Waals surface area contributed by atoms with Gasteiger partial charge in [-0.1, -0.05) is 21.1 Å². The Balaban J connectivity index is 2.01. The molecule has 1 aliphatic carbocycles. The standard InChI is InChI=1S/C14H13BrN2O2/c1-16-12-6-9(15)4-5-10(12)13(18)11-7-17-19-14(11)8-2-3-8/h4-8,16H,2-3H2,1H3. The first kappa shape index (κ1) is 12.4. The summed E-state index contributed by atoms with van der Waals surface area (Å²) in [5.41, 5.74) is 2.01. The molecule has 0 aliphatic heterocycles. The first-order chi connectivity index (χ1) is 9.20. The van der Waals surface area contributed by atoms with E-state index in [1.807, 2.05) is 18.2 Å². The van der Waals surface area contributed by atoms with Crippen LogP contribution in [0.2, 0.25) is 0 Å². The van der Waals surface area contributed by atoms with Crippen molar-refractivity contribution in [3.63, 3.8) is 0 Å². The molecule has 1 saturated carbocycles. The lowest BCUT2D eigenvalue weighted by molar-refractivity contribution is 0.103. The number of hydrogen-bond acceptors (Lipinski definition) is 4. The summed E-state index contributed by atoms with van der Waals surface area (Å²) in [6.45, 7) is 0. The highest BCUT2D eigenvalue weighted by molar-refractivity contribution is 9.10. The molecule has 0 amide bonds. The van der Waals surface area contributed by atoms with Crippen LogP contribution in [0.25, 0.3) is 0 Å². The summed E-state index contributed by atoms with van der Waals surface area (Å²) < 4.78 is 6.16. The van der Waals surface area contributed by atoms with Crippen LogP contribution in [0.4, 0.5) is 5.69 Å². The number of benzene rings is 1. The van der Waals surface area contributed by atoms with Gasteiger partial charge in [0.05, 0.1) is 11.8 Å².